The van der Waals surface area contributed by atoms with E-state index in [4.69, 9.17) is 11.8 Å². The lowest BCUT2D eigenvalue weighted by Crippen LogP contribution is -1.92. The number of halogens is 1. The van der Waals surface area contributed by atoms with E-state index in [2.05, 4.69) is 4.98 Å². The lowest BCUT2D eigenvalue weighted by atomic mass is 11.0. The van der Waals surface area contributed by atoms with Gasteiger partial charge in [-0.2, -0.15) is 0 Å². The highest BCUT2D eigenvalue weighted by molar-refractivity contribution is 6.16. The van der Waals surface area contributed by atoms with E-state index in [9.17, 15) is 10.1 Å². The van der Waals surface area contributed by atoms with Crippen LogP contribution in [0.2, 0.25) is 0 Å². The molecule has 0 fully saturated rings. The molecule has 0 atom stereocenters. The summed E-state index contributed by atoms with van der Waals surface area (Å²) in [5, 5.41) is 9.92. The summed E-state index contributed by atoms with van der Waals surface area (Å²) in [5.74, 6) is -0.364. The van der Waals surface area contributed by atoms with E-state index in [0.717, 1.165) is 4.09 Å². The van der Waals surface area contributed by atoms with E-state index >= 15 is 0 Å². The van der Waals surface area contributed by atoms with Crippen molar-refractivity contribution in [2.75, 3.05) is 0 Å². The number of hydrogen-bond acceptors (Lipinski definition) is 3. The molecule has 1 heterocycles. The summed E-state index contributed by atoms with van der Waals surface area (Å²) in [6, 6.07) is 0. The highest BCUT2D eigenvalue weighted by Crippen LogP contribution is 2.07. The third kappa shape index (κ3) is 0.996. The van der Waals surface area contributed by atoms with Gasteiger partial charge in [0, 0.05) is 0 Å². The number of nitrogens with zero attached hydrogens (tertiary/aromatic N) is 3. The molecule has 5 nitrogen and oxygen atoms in total. The summed E-state index contributed by atoms with van der Waals surface area (Å²) in [6.07, 6.45) is 2.55. The zero-order valence-electron chi connectivity index (χ0n) is 4.19. The zero-order valence-corrected chi connectivity index (χ0v) is 4.95. The molecule has 0 amide bonds. The smallest absolute Gasteiger partial charge is 0.390 e. The van der Waals surface area contributed by atoms with Gasteiger partial charge in [-0.15, -0.1) is 4.09 Å². The third-order valence-corrected chi connectivity index (χ3v) is 1.01. The average molecular weight is 148 g/mol. The molecule has 0 saturated heterocycles. The molecule has 0 N–H and O–H groups in total. The van der Waals surface area contributed by atoms with Gasteiger partial charge in [0.2, 0.25) is 0 Å². The van der Waals surface area contributed by atoms with Crippen LogP contribution in [0, 0.1) is 10.1 Å². The van der Waals surface area contributed by atoms with Crippen molar-refractivity contribution in [3.63, 3.8) is 0 Å². The van der Waals surface area contributed by atoms with Crippen molar-refractivity contribution in [1.82, 2.24) is 9.07 Å². The standard InChI is InChI=1S/C3H2ClN3O2/c4-6-2-1-5-3(6)7(8)9/h1-2H. The van der Waals surface area contributed by atoms with Crippen LogP contribution >= 0.6 is 11.8 Å². The predicted octanol–water partition coefficient (Wildman–Crippen LogP) is 0.793. The fourth-order valence-corrected chi connectivity index (χ4v) is 0.561. The minimum Gasteiger partial charge on any atom is -0.390 e. The van der Waals surface area contributed by atoms with Crippen LogP contribution in [0.1, 0.15) is 0 Å². The van der Waals surface area contributed by atoms with Gasteiger partial charge in [0.1, 0.15) is 24.2 Å². The predicted molar refractivity (Wildman–Crippen MR) is 30.1 cm³/mol. The Morgan fingerprint density at radius 3 is 2.78 bits per heavy atom. The van der Waals surface area contributed by atoms with Crippen LogP contribution < -0.4 is 0 Å². The summed E-state index contributed by atoms with van der Waals surface area (Å²) in [7, 11) is 0. The molecule has 0 saturated carbocycles. The average Bonchev–Trinajstić information content (AvgIpc) is 2.13. The molecular weight excluding hydrogens is 146 g/mol. The fourth-order valence-electron chi connectivity index (χ4n) is 0.405. The second kappa shape index (κ2) is 2.02. The van der Waals surface area contributed by atoms with Gasteiger partial charge in [0.15, 0.2) is 0 Å². The van der Waals surface area contributed by atoms with Gasteiger partial charge < -0.3 is 10.1 Å². The summed E-state index contributed by atoms with van der Waals surface area (Å²) >= 11 is 5.25. The van der Waals surface area contributed by atoms with E-state index < -0.39 is 4.92 Å². The largest absolute Gasteiger partial charge is 0.451 e. The number of aromatic nitrogens is 2. The molecule has 1 aromatic rings. The zero-order chi connectivity index (χ0) is 6.85. The van der Waals surface area contributed by atoms with E-state index in [-0.39, 0.29) is 5.95 Å². The molecule has 0 bridgehead atoms. The van der Waals surface area contributed by atoms with Gasteiger partial charge in [0.25, 0.3) is 0 Å². The van der Waals surface area contributed by atoms with Crippen molar-refractivity contribution in [3.05, 3.63) is 22.5 Å². The molecule has 9 heavy (non-hydrogen) atoms. The van der Waals surface area contributed by atoms with Gasteiger partial charge in [0.05, 0.1) is 0 Å². The highest BCUT2D eigenvalue weighted by Gasteiger charge is 2.10. The van der Waals surface area contributed by atoms with Gasteiger partial charge in [-0.3, -0.25) is 0 Å². The van der Waals surface area contributed by atoms with Gasteiger partial charge >= 0.3 is 5.95 Å². The van der Waals surface area contributed by atoms with Crippen LogP contribution in [-0.4, -0.2) is 14.0 Å². The Balaban J connectivity index is 3.08. The Kier molecular flexibility index (Phi) is 1.35. The van der Waals surface area contributed by atoms with Crippen molar-refractivity contribution in [2.24, 2.45) is 0 Å². The summed E-state index contributed by atoms with van der Waals surface area (Å²) < 4.78 is 0.819. The Hall–Kier alpha value is -1.10. The minimum absolute atomic E-state index is 0.364. The second-order valence-corrected chi connectivity index (χ2v) is 1.66. The molecule has 0 radical (unpaired) electrons. The first-order valence-electron chi connectivity index (χ1n) is 2.05. The Morgan fingerprint density at radius 2 is 2.56 bits per heavy atom. The quantitative estimate of drug-likeness (QED) is 0.436. The van der Waals surface area contributed by atoms with Crippen molar-refractivity contribution in [2.45, 2.75) is 0 Å². The van der Waals surface area contributed by atoms with Crippen LogP contribution in [0.3, 0.4) is 0 Å². The molecule has 0 spiro atoms. The summed E-state index contributed by atoms with van der Waals surface area (Å²) in [4.78, 5) is 12.6. The van der Waals surface area contributed by atoms with Gasteiger partial charge in [-0.25, -0.2) is 0 Å². The first kappa shape index (κ1) is 6.03. The first-order chi connectivity index (χ1) is 4.22. The van der Waals surface area contributed by atoms with Crippen molar-refractivity contribution in [1.29, 1.82) is 0 Å². The van der Waals surface area contributed by atoms with Crippen molar-refractivity contribution < 1.29 is 4.92 Å². The van der Waals surface area contributed by atoms with Crippen LogP contribution in [0.4, 0.5) is 5.95 Å². The maximum absolute atomic E-state index is 9.92. The Morgan fingerprint density at radius 1 is 1.89 bits per heavy atom. The SMILES string of the molecule is O=[N+]([O-])c1nccn1Cl. The number of imidazole rings is 1. The molecule has 0 aliphatic rings. The van der Waals surface area contributed by atoms with E-state index in [1.807, 2.05) is 0 Å². The second-order valence-electron chi connectivity index (χ2n) is 1.30. The lowest BCUT2D eigenvalue weighted by Gasteiger charge is -1.87. The van der Waals surface area contributed by atoms with Gasteiger partial charge in [-0.05, 0) is 4.92 Å². The Labute approximate surface area is 55.1 Å². The van der Waals surface area contributed by atoms with Crippen LogP contribution in [0.15, 0.2) is 12.4 Å². The third-order valence-electron chi connectivity index (χ3n) is 0.742. The summed E-state index contributed by atoms with van der Waals surface area (Å²) in [6.45, 7) is 0. The van der Waals surface area contributed by atoms with E-state index in [1.54, 1.807) is 0 Å². The minimum atomic E-state index is -0.660. The van der Waals surface area contributed by atoms with Crippen molar-refractivity contribution >= 4 is 17.7 Å². The first-order valence-corrected chi connectivity index (χ1v) is 2.39. The van der Waals surface area contributed by atoms with E-state index in [0.29, 0.717) is 0 Å². The summed E-state index contributed by atoms with van der Waals surface area (Å²) in [5.41, 5.74) is 0. The molecule has 48 valence electrons. The van der Waals surface area contributed by atoms with Crippen LogP contribution in [0.5, 0.6) is 0 Å². The molecule has 0 aromatic carbocycles. The van der Waals surface area contributed by atoms with Crippen LogP contribution in [-0.2, 0) is 0 Å². The number of rotatable bonds is 1. The topological polar surface area (TPSA) is 61.0 Å². The van der Waals surface area contributed by atoms with E-state index in [1.165, 1.54) is 12.4 Å². The molecular formula is C3H2ClN3O2. The van der Waals surface area contributed by atoms with Crippen molar-refractivity contribution in [3.8, 4) is 0 Å². The van der Waals surface area contributed by atoms with Gasteiger partial charge in [-0.1, -0.05) is 4.98 Å². The molecule has 0 aliphatic carbocycles. The fraction of sp³-hybridized carbons (Fsp3) is 0. The molecule has 0 aliphatic heterocycles. The maximum atomic E-state index is 9.92. The number of nitro groups is 1. The number of hydrogen-bond donors (Lipinski definition) is 0. The highest BCUT2D eigenvalue weighted by atomic mass is 35.5. The molecule has 1 rings (SSSR count). The monoisotopic (exact) mass is 147 g/mol. The molecule has 1 aromatic heterocycles. The maximum Gasteiger partial charge on any atom is 0.451 e. The molecule has 6 heteroatoms. The molecule has 0 unspecified atom stereocenters. The van der Waals surface area contributed by atoms with Crippen LogP contribution in [0.25, 0.3) is 0 Å². The normalized spacial score (nSPS) is 9.44. The lowest BCUT2D eigenvalue weighted by molar-refractivity contribution is -0.394. The Bertz CT molecular complexity index is 233.